The van der Waals surface area contributed by atoms with Crippen LogP contribution in [0, 0.1) is 0 Å². The number of carbonyl (C=O) groups is 2. The fourth-order valence-electron chi connectivity index (χ4n) is 3.93. The predicted molar refractivity (Wildman–Crippen MR) is 131 cm³/mol. The van der Waals surface area contributed by atoms with Crippen molar-refractivity contribution in [3.63, 3.8) is 0 Å². The maximum atomic E-state index is 12.4. The first-order valence-corrected chi connectivity index (χ1v) is 11.5. The van der Waals surface area contributed by atoms with Gasteiger partial charge in [0.1, 0.15) is 5.60 Å². The average Bonchev–Trinajstić information content (AvgIpc) is 2.76. The van der Waals surface area contributed by atoms with Crippen LogP contribution in [0.25, 0.3) is 0 Å². The molecule has 0 bridgehead atoms. The van der Waals surface area contributed by atoms with Crippen LogP contribution in [0.15, 0.2) is 42.5 Å². The number of hydrogen-bond donors (Lipinski definition) is 1. The summed E-state index contributed by atoms with van der Waals surface area (Å²) in [6.45, 7) is 14.2. The van der Waals surface area contributed by atoms with Gasteiger partial charge in [0.15, 0.2) is 0 Å². The van der Waals surface area contributed by atoms with Crippen molar-refractivity contribution < 1.29 is 24.2 Å². The van der Waals surface area contributed by atoms with Gasteiger partial charge in [0.2, 0.25) is 0 Å². The second-order valence-corrected chi connectivity index (χ2v) is 9.82. The van der Waals surface area contributed by atoms with Gasteiger partial charge in [-0.3, -0.25) is 4.79 Å². The Hall–Kier alpha value is -2.38. The first kappa shape index (κ1) is 28.7. The normalized spacial score (nSPS) is 17.9. The van der Waals surface area contributed by atoms with Crippen LogP contribution in [0.3, 0.4) is 0 Å². The van der Waals surface area contributed by atoms with Gasteiger partial charge in [-0.25, -0.2) is 4.79 Å². The van der Waals surface area contributed by atoms with Crippen molar-refractivity contribution in [2.75, 3.05) is 33.8 Å². The molecule has 7 nitrogen and oxygen atoms in total. The molecule has 1 saturated heterocycles. The molecule has 1 fully saturated rings. The third-order valence-electron chi connectivity index (χ3n) is 5.55. The fourth-order valence-corrected chi connectivity index (χ4v) is 3.93. The van der Waals surface area contributed by atoms with Crippen molar-refractivity contribution in [1.29, 1.82) is 0 Å². The van der Waals surface area contributed by atoms with E-state index in [-0.39, 0.29) is 12.1 Å². The van der Waals surface area contributed by atoms with E-state index in [1.165, 1.54) is 7.11 Å². The van der Waals surface area contributed by atoms with Gasteiger partial charge < -0.3 is 24.4 Å². The zero-order valence-electron chi connectivity index (χ0n) is 21.2. The molecule has 1 N–H and O–H groups in total. The van der Waals surface area contributed by atoms with Gasteiger partial charge in [-0.05, 0) is 59.6 Å². The molecular weight excluding hydrogens is 420 g/mol. The molecule has 186 valence electrons. The second-order valence-electron chi connectivity index (χ2n) is 9.82. The molecule has 1 heterocycles. The highest BCUT2D eigenvalue weighted by atomic mass is 16.6. The Morgan fingerprint density at radius 3 is 2.42 bits per heavy atom. The lowest BCUT2D eigenvalue weighted by Crippen LogP contribution is -2.50. The largest absolute Gasteiger partial charge is 0.471 e. The van der Waals surface area contributed by atoms with Crippen molar-refractivity contribution in [3.8, 4) is 0 Å². The Bertz CT molecular complexity index is 747. The number of benzene rings is 1. The lowest BCUT2D eigenvalue weighted by molar-refractivity contribution is -0.126. The minimum Gasteiger partial charge on any atom is -0.471 e. The Labute approximate surface area is 199 Å². The molecule has 2 rings (SSSR count). The molecule has 0 saturated carbocycles. The summed E-state index contributed by atoms with van der Waals surface area (Å²) in [4.78, 5) is 25.5. The Kier molecular flexibility index (Phi) is 11.6. The summed E-state index contributed by atoms with van der Waals surface area (Å²) in [6.07, 6.45) is 2.92. The van der Waals surface area contributed by atoms with Crippen LogP contribution in [0.2, 0.25) is 0 Å². The summed E-state index contributed by atoms with van der Waals surface area (Å²) < 4.78 is 9.40. The third-order valence-corrected chi connectivity index (χ3v) is 5.55. The molecule has 0 radical (unpaired) electrons. The molecule has 0 aliphatic carbocycles. The Morgan fingerprint density at radius 1 is 1.30 bits per heavy atom. The summed E-state index contributed by atoms with van der Waals surface area (Å²) in [7, 11) is 3.39. The first-order valence-electron chi connectivity index (χ1n) is 11.5. The quantitative estimate of drug-likeness (QED) is 0.457. The number of nitrogens with zero attached hydrogens (tertiary/aromatic N) is 2. The first-order chi connectivity index (χ1) is 15.4. The van der Waals surface area contributed by atoms with Gasteiger partial charge in [0.25, 0.3) is 6.47 Å². The molecule has 1 amide bonds. The maximum Gasteiger partial charge on any atom is 0.410 e. The van der Waals surface area contributed by atoms with Gasteiger partial charge in [0, 0.05) is 32.1 Å². The van der Waals surface area contributed by atoms with Crippen LogP contribution < -0.4 is 0 Å². The van der Waals surface area contributed by atoms with Gasteiger partial charge in [-0.2, -0.15) is 0 Å². The van der Waals surface area contributed by atoms with Crippen LogP contribution in [-0.4, -0.2) is 72.9 Å². The Morgan fingerprint density at radius 2 is 1.91 bits per heavy atom. The second kappa shape index (κ2) is 13.4. The van der Waals surface area contributed by atoms with Gasteiger partial charge in [-0.1, -0.05) is 35.9 Å². The molecule has 7 heteroatoms. The zero-order valence-corrected chi connectivity index (χ0v) is 21.2. The standard InChI is InChI=1S/C24H38N2O3.C2H4O2/c1-19(2)17-24(28,20-11-8-7-9-12-20)14-16-25(6)21-13-10-15-26(18-21)22(27)29-23(3,4)5;1-4-2-3/h7-9,11-12,21,28H,1,10,13-18H2,2-6H3;2H,1H3. The molecule has 0 spiro atoms. The summed E-state index contributed by atoms with van der Waals surface area (Å²) >= 11 is 0. The molecule has 0 aromatic heterocycles. The third kappa shape index (κ3) is 10.4. The van der Waals surface area contributed by atoms with Crippen molar-refractivity contribution in [3.05, 3.63) is 48.0 Å². The topological polar surface area (TPSA) is 79.3 Å². The van der Waals surface area contributed by atoms with E-state index in [0.29, 0.717) is 25.9 Å². The number of piperidine rings is 1. The summed E-state index contributed by atoms with van der Waals surface area (Å²) in [6, 6.07) is 10.1. The summed E-state index contributed by atoms with van der Waals surface area (Å²) in [5.41, 5.74) is 0.481. The van der Waals surface area contributed by atoms with E-state index >= 15 is 0 Å². The number of amides is 1. The van der Waals surface area contributed by atoms with Crippen LogP contribution >= 0.6 is 0 Å². The number of likely N-dealkylation sites (tertiary alicyclic amines) is 1. The van der Waals surface area contributed by atoms with Crippen LogP contribution in [0.5, 0.6) is 0 Å². The summed E-state index contributed by atoms with van der Waals surface area (Å²) in [5.74, 6) is 0. The highest BCUT2D eigenvalue weighted by Gasteiger charge is 2.32. The lowest BCUT2D eigenvalue weighted by Gasteiger charge is -2.39. The van der Waals surface area contributed by atoms with Crippen molar-refractivity contribution in [2.45, 2.75) is 70.6 Å². The van der Waals surface area contributed by atoms with E-state index in [1.54, 1.807) is 0 Å². The van der Waals surface area contributed by atoms with E-state index in [9.17, 15) is 9.90 Å². The van der Waals surface area contributed by atoms with Crippen LogP contribution in [-0.2, 0) is 19.9 Å². The highest BCUT2D eigenvalue weighted by molar-refractivity contribution is 5.68. The minimum absolute atomic E-state index is 0.237. The van der Waals surface area contributed by atoms with E-state index in [4.69, 9.17) is 9.53 Å². The molecule has 2 atom stereocenters. The molecule has 2 unspecified atom stereocenters. The molecule has 1 aromatic rings. The average molecular weight is 463 g/mol. The van der Waals surface area contributed by atoms with E-state index in [0.717, 1.165) is 37.1 Å². The number of hydrogen-bond acceptors (Lipinski definition) is 6. The lowest BCUT2D eigenvalue weighted by atomic mass is 9.84. The summed E-state index contributed by atoms with van der Waals surface area (Å²) in [5, 5.41) is 11.4. The minimum atomic E-state index is -0.930. The zero-order chi connectivity index (χ0) is 25.1. The van der Waals surface area contributed by atoms with Crippen molar-refractivity contribution in [1.82, 2.24) is 9.80 Å². The van der Waals surface area contributed by atoms with Crippen molar-refractivity contribution in [2.24, 2.45) is 0 Å². The molecule has 1 aliphatic heterocycles. The number of likely N-dealkylation sites (N-methyl/N-ethyl adjacent to an activating group) is 1. The fraction of sp³-hybridized carbons (Fsp3) is 0.615. The number of aliphatic hydroxyl groups is 1. The van der Waals surface area contributed by atoms with Gasteiger partial charge >= 0.3 is 6.09 Å². The molecule has 1 aliphatic rings. The van der Waals surface area contributed by atoms with E-state index in [1.807, 2.05) is 62.9 Å². The molecular formula is C26H42N2O5. The van der Waals surface area contributed by atoms with E-state index < -0.39 is 11.2 Å². The predicted octanol–water partition coefficient (Wildman–Crippen LogP) is 4.35. The Balaban J connectivity index is 0.00000125. The number of rotatable bonds is 8. The monoisotopic (exact) mass is 462 g/mol. The number of carbonyl (C=O) groups excluding carboxylic acids is 2. The molecule has 1 aromatic carbocycles. The van der Waals surface area contributed by atoms with Crippen molar-refractivity contribution >= 4 is 12.6 Å². The van der Waals surface area contributed by atoms with E-state index in [2.05, 4.69) is 23.3 Å². The number of methoxy groups -OCH3 is 1. The smallest absolute Gasteiger partial charge is 0.410 e. The van der Waals surface area contributed by atoms with Gasteiger partial charge in [0.05, 0.1) is 12.7 Å². The molecule has 33 heavy (non-hydrogen) atoms. The van der Waals surface area contributed by atoms with Crippen LogP contribution in [0.1, 0.15) is 58.9 Å². The SMILES string of the molecule is C=C(C)CC(O)(CCN(C)C1CCCN(C(=O)OC(C)(C)C)C1)c1ccccc1.COC=O. The highest BCUT2D eigenvalue weighted by Crippen LogP contribution is 2.32. The van der Waals surface area contributed by atoms with Crippen LogP contribution in [0.4, 0.5) is 4.79 Å². The maximum absolute atomic E-state index is 12.4. The number of ether oxygens (including phenoxy) is 2. The van der Waals surface area contributed by atoms with Gasteiger partial charge in [-0.15, -0.1) is 6.58 Å².